The lowest BCUT2D eigenvalue weighted by Crippen LogP contribution is -2.42. The van der Waals surface area contributed by atoms with Crippen molar-refractivity contribution in [1.82, 2.24) is 15.3 Å². The number of nitrogens with zero attached hydrogens (tertiary/aromatic N) is 3. The van der Waals surface area contributed by atoms with E-state index in [0.29, 0.717) is 19.5 Å². The summed E-state index contributed by atoms with van der Waals surface area (Å²) in [6.45, 7) is 1.35. The zero-order chi connectivity index (χ0) is 16.1. The summed E-state index contributed by atoms with van der Waals surface area (Å²) in [5, 5.41) is 12.6. The average Bonchev–Trinajstić information content (AvgIpc) is 2.99. The molecule has 1 fully saturated rings. The lowest BCUT2D eigenvalue weighted by atomic mass is 10.0. The average molecular weight is 312 g/mol. The van der Waals surface area contributed by atoms with Crippen molar-refractivity contribution < 1.29 is 9.90 Å². The van der Waals surface area contributed by atoms with Gasteiger partial charge in [-0.05, 0) is 11.6 Å². The maximum absolute atomic E-state index is 12.2. The molecule has 23 heavy (non-hydrogen) atoms. The summed E-state index contributed by atoms with van der Waals surface area (Å²) in [5.74, 6) is 0.798. The van der Waals surface area contributed by atoms with Crippen LogP contribution in [0.2, 0.25) is 0 Å². The Labute approximate surface area is 135 Å². The number of nitrogens with one attached hydrogen (secondary N) is 1. The predicted molar refractivity (Wildman–Crippen MR) is 86.9 cm³/mol. The summed E-state index contributed by atoms with van der Waals surface area (Å²) in [6, 6.07) is 11.4. The molecule has 2 aromatic rings. The van der Waals surface area contributed by atoms with Gasteiger partial charge in [-0.25, -0.2) is 9.97 Å². The fraction of sp³-hybridized carbons (Fsp3) is 0.353. The third-order valence-corrected chi connectivity index (χ3v) is 4.12. The molecule has 1 aliphatic rings. The van der Waals surface area contributed by atoms with Gasteiger partial charge in [-0.2, -0.15) is 0 Å². The normalized spacial score (nSPS) is 20.5. The van der Waals surface area contributed by atoms with Crippen molar-refractivity contribution in [3.8, 4) is 0 Å². The number of carbonyl (C=O) groups excluding carboxylic acids is 1. The molecular formula is C17H20N4O2. The maximum Gasteiger partial charge on any atom is 0.224 e. The summed E-state index contributed by atoms with van der Waals surface area (Å²) < 4.78 is 0. The number of carbonyl (C=O) groups is 1. The predicted octanol–water partition coefficient (Wildman–Crippen LogP) is 0.633. The van der Waals surface area contributed by atoms with E-state index < -0.39 is 0 Å². The van der Waals surface area contributed by atoms with Crippen molar-refractivity contribution in [3.63, 3.8) is 0 Å². The molecule has 1 amide bonds. The van der Waals surface area contributed by atoms with E-state index in [9.17, 15) is 9.90 Å². The van der Waals surface area contributed by atoms with Gasteiger partial charge < -0.3 is 15.3 Å². The zero-order valence-electron chi connectivity index (χ0n) is 12.8. The standard InChI is InChI=1S/C17H20N4O2/c22-11-14-9-21(16-6-7-18-12-19-16)10-15(14)20-17(23)8-13-4-2-1-3-5-13/h1-7,12,14-15,22H,8-11H2,(H,20,23)/t14-,15+/m0/s1. The molecule has 1 aromatic carbocycles. The van der Waals surface area contributed by atoms with Crippen LogP contribution in [0, 0.1) is 5.92 Å². The minimum atomic E-state index is -0.0776. The molecule has 1 aromatic heterocycles. The van der Waals surface area contributed by atoms with Crippen LogP contribution in [0.5, 0.6) is 0 Å². The highest BCUT2D eigenvalue weighted by molar-refractivity contribution is 5.79. The van der Waals surface area contributed by atoms with Gasteiger partial charge in [0.05, 0.1) is 12.5 Å². The van der Waals surface area contributed by atoms with Gasteiger partial charge in [0.15, 0.2) is 0 Å². The van der Waals surface area contributed by atoms with E-state index in [1.54, 1.807) is 6.20 Å². The Morgan fingerprint density at radius 3 is 2.78 bits per heavy atom. The summed E-state index contributed by atoms with van der Waals surface area (Å²) in [7, 11) is 0. The second-order valence-corrected chi connectivity index (χ2v) is 5.75. The van der Waals surface area contributed by atoms with Gasteiger partial charge >= 0.3 is 0 Å². The number of rotatable bonds is 5. The second kappa shape index (κ2) is 7.19. The van der Waals surface area contributed by atoms with Crippen LogP contribution in [0.4, 0.5) is 5.82 Å². The van der Waals surface area contributed by atoms with Crippen molar-refractivity contribution in [2.45, 2.75) is 12.5 Å². The van der Waals surface area contributed by atoms with Crippen molar-refractivity contribution >= 4 is 11.7 Å². The van der Waals surface area contributed by atoms with Crippen molar-refractivity contribution in [2.24, 2.45) is 5.92 Å². The number of aromatic nitrogens is 2. The first-order valence-electron chi connectivity index (χ1n) is 7.71. The molecule has 0 saturated carbocycles. The fourth-order valence-electron chi connectivity index (χ4n) is 2.92. The molecule has 1 saturated heterocycles. The number of hydrogen-bond donors (Lipinski definition) is 2. The SMILES string of the molecule is O=C(Cc1ccccc1)N[C@@H]1CN(c2ccncn2)C[C@H]1CO. The molecule has 0 bridgehead atoms. The number of amides is 1. The molecule has 2 heterocycles. The van der Waals surface area contributed by atoms with E-state index in [1.165, 1.54) is 6.33 Å². The van der Waals surface area contributed by atoms with E-state index in [2.05, 4.69) is 20.2 Å². The van der Waals surface area contributed by atoms with E-state index in [-0.39, 0.29) is 24.5 Å². The summed E-state index contributed by atoms with van der Waals surface area (Å²) in [6.07, 6.45) is 3.55. The Balaban J connectivity index is 1.61. The van der Waals surface area contributed by atoms with Gasteiger partial charge in [-0.3, -0.25) is 4.79 Å². The lowest BCUT2D eigenvalue weighted by Gasteiger charge is -2.18. The van der Waals surface area contributed by atoms with Crippen LogP contribution in [-0.2, 0) is 11.2 Å². The molecule has 6 nitrogen and oxygen atoms in total. The quantitative estimate of drug-likeness (QED) is 0.847. The Morgan fingerprint density at radius 1 is 1.26 bits per heavy atom. The number of aliphatic hydroxyl groups excluding tert-OH is 1. The highest BCUT2D eigenvalue weighted by Gasteiger charge is 2.33. The van der Waals surface area contributed by atoms with Crippen LogP contribution in [0.1, 0.15) is 5.56 Å². The number of hydrogen-bond acceptors (Lipinski definition) is 5. The first kappa shape index (κ1) is 15.4. The molecule has 2 N–H and O–H groups in total. The molecular weight excluding hydrogens is 292 g/mol. The molecule has 120 valence electrons. The Hall–Kier alpha value is -2.47. The van der Waals surface area contributed by atoms with E-state index in [0.717, 1.165) is 11.4 Å². The van der Waals surface area contributed by atoms with Crippen molar-refractivity contribution in [2.75, 3.05) is 24.6 Å². The van der Waals surface area contributed by atoms with Gasteiger partial charge in [-0.15, -0.1) is 0 Å². The van der Waals surface area contributed by atoms with Crippen LogP contribution in [0.3, 0.4) is 0 Å². The molecule has 3 rings (SSSR count). The summed E-state index contributed by atoms with van der Waals surface area (Å²) >= 11 is 0. The van der Waals surface area contributed by atoms with Crippen LogP contribution < -0.4 is 10.2 Å². The van der Waals surface area contributed by atoms with Gasteiger partial charge in [0, 0.05) is 31.8 Å². The highest BCUT2D eigenvalue weighted by Crippen LogP contribution is 2.21. The second-order valence-electron chi connectivity index (χ2n) is 5.75. The first-order chi connectivity index (χ1) is 11.3. The number of aliphatic hydroxyl groups is 1. The van der Waals surface area contributed by atoms with Crippen molar-refractivity contribution in [1.29, 1.82) is 0 Å². The maximum atomic E-state index is 12.2. The van der Waals surface area contributed by atoms with Gasteiger partial charge in [0.1, 0.15) is 12.1 Å². The highest BCUT2D eigenvalue weighted by atomic mass is 16.3. The van der Waals surface area contributed by atoms with Crippen molar-refractivity contribution in [3.05, 3.63) is 54.5 Å². The van der Waals surface area contributed by atoms with Crippen LogP contribution in [-0.4, -0.2) is 46.7 Å². The summed E-state index contributed by atoms with van der Waals surface area (Å²) in [4.78, 5) is 22.4. The molecule has 0 unspecified atom stereocenters. The zero-order valence-corrected chi connectivity index (χ0v) is 12.8. The molecule has 1 aliphatic heterocycles. The Morgan fingerprint density at radius 2 is 2.09 bits per heavy atom. The molecule has 6 heteroatoms. The van der Waals surface area contributed by atoms with E-state index in [1.807, 2.05) is 36.4 Å². The van der Waals surface area contributed by atoms with Crippen LogP contribution >= 0.6 is 0 Å². The van der Waals surface area contributed by atoms with Crippen LogP contribution in [0.25, 0.3) is 0 Å². The topological polar surface area (TPSA) is 78.4 Å². The molecule has 2 atom stereocenters. The minimum Gasteiger partial charge on any atom is -0.396 e. The van der Waals surface area contributed by atoms with Gasteiger partial charge in [0.2, 0.25) is 5.91 Å². The summed E-state index contributed by atoms with van der Waals surface area (Å²) in [5.41, 5.74) is 0.983. The Kier molecular flexibility index (Phi) is 4.83. The van der Waals surface area contributed by atoms with E-state index in [4.69, 9.17) is 0 Å². The first-order valence-corrected chi connectivity index (χ1v) is 7.71. The van der Waals surface area contributed by atoms with Gasteiger partial charge in [-0.1, -0.05) is 30.3 Å². The van der Waals surface area contributed by atoms with E-state index >= 15 is 0 Å². The third kappa shape index (κ3) is 3.84. The van der Waals surface area contributed by atoms with Crippen LogP contribution in [0.15, 0.2) is 48.9 Å². The molecule has 0 aliphatic carbocycles. The molecule has 0 spiro atoms. The Bertz CT molecular complexity index is 636. The number of anilines is 1. The minimum absolute atomic E-state index is 0.00434. The lowest BCUT2D eigenvalue weighted by molar-refractivity contribution is -0.121. The fourth-order valence-corrected chi connectivity index (χ4v) is 2.92. The molecule has 0 radical (unpaired) electrons. The van der Waals surface area contributed by atoms with Gasteiger partial charge in [0.25, 0.3) is 0 Å². The number of benzene rings is 1. The smallest absolute Gasteiger partial charge is 0.224 e. The third-order valence-electron chi connectivity index (χ3n) is 4.12. The monoisotopic (exact) mass is 312 g/mol. The largest absolute Gasteiger partial charge is 0.396 e.